The van der Waals surface area contributed by atoms with Crippen LogP contribution in [0.5, 0.6) is 0 Å². The smallest absolute Gasteiger partial charge is 0.0648 e. The van der Waals surface area contributed by atoms with Crippen molar-refractivity contribution in [2.75, 3.05) is 13.2 Å². The van der Waals surface area contributed by atoms with Crippen LogP contribution in [0, 0.1) is 0 Å². The second-order valence-electron chi connectivity index (χ2n) is 3.64. The molecule has 0 aromatic carbocycles. The van der Waals surface area contributed by atoms with Gasteiger partial charge in [0.1, 0.15) is 0 Å². The van der Waals surface area contributed by atoms with E-state index in [1.54, 1.807) is 12.2 Å². The summed E-state index contributed by atoms with van der Waals surface area (Å²) in [6, 6.07) is 0. The standard InChI is InChI=1S/C12H20O2/c1-3-9-13-11-5-7-12(8-6-11)14-10-4-2/h3-4,11-12H,1-2,5-10H2. The molecule has 0 heterocycles. The van der Waals surface area contributed by atoms with Crippen molar-refractivity contribution in [3.63, 3.8) is 0 Å². The highest BCUT2D eigenvalue weighted by Gasteiger charge is 2.21. The maximum atomic E-state index is 5.59. The van der Waals surface area contributed by atoms with Gasteiger partial charge in [0.2, 0.25) is 0 Å². The van der Waals surface area contributed by atoms with Gasteiger partial charge in [-0.15, -0.1) is 13.2 Å². The third-order valence-electron chi connectivity index (χ3n) is 2.52. The molecular weight excluding hydrogens is 176 g/mol. The second-order valence-corrected chi connectivity index (χ2v) is 3.64. The molecule has 2 nitrogen and oxygen atoms in total. The summed E-state index contributed by atoms with van der Waals surface area (Å²) in [5.74, 6) is 0. The van der Waals surface area contributed by atoms with E-state index >= 15 is 0 Å². The molecule has 0 amide bonds. The molecule has 1 saturated carbocycles. The Balaban J connectivity index is 2.10. The van der Waals surface area contributed by atoms with Gasteiger partial charge < -0.3 is 9.47 Å². The molecule has 0 spiro atoms. The van der Waals surface area contributed by atoms with E-state index in [-0.39, 0.29) is 0 Å². The number of ether oxygens (including phenoxy) is 2. The Morgan fingerprint density at radius 2 is 1.21 bits per heavy atom. The highest BCUT2D eigenvalue weighted by atomic mass is 16.5. The quantitative estimate of drug-likeness (QED) is 0.608. The molecule has 0 bridgehead atoms. The highest BCUT2D eigenvalue weighted by Crippen LogP contribution is 2.23. The number of rotatable bonds is 6. The Kier molecular flexibility index (Phi) is 5.57. The Morgan fingerprint density at radius 1 is 0.857 bits per heavy atom. The van der Waals surface area contributed by atoms with Crippen LogP contribution in [-0.2, 0) is 9.47 Å². The average Bonchev–Trinajstić information content (AvgIpc) is 2.25. The first-order valence-corrected chi connectivity index (χ1v) is 5.31. The number of hydrogen-bond donors (Lipinski definition) is 0. The van der Waals surface area contributed by atoms with Crippen LogP contribution in [0.25, 0.3) is 0 Å². The van der Waals surface area contributed by atoms with E-state index in [2.05, 4.69) is 13.2 Å². The predicted octanol–water partition coefficient (Wildman–Crippen LogP) is 2.70. The molecule has 0 N–H and O–H groups in total. The summed E-state index contributed by atoms with van der Waals surface area (Å²) in [5.41, 5.74) is 0. The highest BCUT2D eigenvalue weighted by molar-refractivity contribution is 4.76. The van der Waals surface area contributed by atoms with Crippen molar-refractivity contribution in [1.82, 2.24) is 0 Å². The molecular formula is C12H20O2. The summed E-state index contributed by atoms with van der Waals surface area (Å²) in [7, 11) is 0. The molecule has 80 valence electrons. The molecule has 14 heavy (non-hydrogen) atoms. The fourth-order valence-electron chi connectivity index (χ4n) is 1.77. The minimum absolute atomic E-state index is 0.414. The fraction of sp³-hybridized carbons (Fsp3) is 0.667. The number of hydrogen-bond acceptors (Lipinski definition) is 2. The van der Waals surface area contributed by atoms with Gasteiger partial charge in [0.25, 0.3) is 0 Å². The lowest BCUT2D eigenvalue weighted by Gasteiger charge is -2.27. The topological polar surface area (TPSA) is 18.5 Å². The summed E-state index contributed by atoms with van der Waals surface area (Å²) in [6.45, 7) is 8.62. The van der Waals surface area contributed by atoms with Crippen LogP contribution in [0.2, 0.25) is 0 Å². The molecule has 0 atom stereocenters. The Morgan fingerprint density at radius 3 is 1.50 bits per heavy atom. The predicted molar refractivity (Wildman–Crippen MR) is 58.3 cm³/mol. The van der Waals surface area contributed by atoms with Gasteiger partial charge in [0.15, 0.2) is 0 Å². The van der Waals surface area contributed by atoms with Crippen molar-refractivity contribution in [3.05, 3.63) is 25.3 Å². The molecule has 0 aliphatic heterocycles. The van der Waals surface area contributed by atoms with Crippen LogP contribution in [0.15, 0.2) is 25.3 Å². The SMILES string of the molecule is C=CCOC1CCC(OCC=C)CC1. The Hall–Kier alpha value is -0.600. The third kappa shape index (κ3) is 4.07. The van der Waals surface area contributed by atoms with E-state index in [1.165, 1.54) is 0 Å². The molecule has 1 aliphatic carbocycles. The van der Waals surface area contributed by atoms with Gasteiger partial charge in [-0.25, -0.2) is 0 Å². The van der Waals surface area contributed by atoms with Gasteiger partial charge in [-0.3, -0.25) is 0 Å². The van der Waals surface area contributed by atoms with Crippen molar-refractivity contribution in [3.8, 4) is 0 Å². The van der Waals surface area contributed by atoms with Crippen molar-refractivity contribution >= 4 is 0 Å². The minimum atomic E-state index is 0.414. The van der Waals surface area contributed by atoms with Crippen LogP contribution in [0.3, 0.4) is 0 Å². The van der Waals surface area contributed by atoms with Crippen LogP contribution in [-0.4, -0.2) is 25.4 Å². The maximum Gasteiger partial charge on any atom is 0.0648 e. The molecule has 1 fully saturated rings. The summed E-state index contributed by atoms with van der Waals surface area (Å²) < 4.78 is 11.2. The van der Waals surface area contributed by atoms with Crippen LogP contribution in [0.1, 0.15) is 25.7 Å². The van der Waals surface area contributed by atoms with E-state index in [4.69, 9.17) is 9.47 Å². The zero-order valence-corrected chi connectivity index (χ0v) is 8.78. The van der Waals surface area contributed by atoms with E-state index in [1.807, 2.05) is 0 Å². The van der Waals surface area contributed by atoms with Crippen molar-refractivity contribution in [2.45, 2.75) is 37.9 Å². The first-order valence-electron chi connectivity index (χ1n) is 5.31. The van der Waals surface area contributed by atoms with Gasteiger partial charge in [-0.2, -0.15) is 0 Å². The Bertz CT molecular complexity index is 149. The van der Waals surface area contributed by atoms with E-state index < -0.39 is 0 Å². The van der Waals surface area contributed by atoms with Crippen LogP contribution in [0.4, 0.5) is 0 Å². The van der Waals surface area contributed by atoms with E-state index in [0.717, 1.165) is 25.7 Å². The molecule has 2 heteroatoms. The molecule has 0 radical (unpaired) electrons. The lowest BCUT2D eigenvalue weighted by Crippen LogP contribution is -2.26. The largest absolute Gasteiger partial charge is 0.374 e. The van der Waals surface area contributed by atoms with Crippen molar-refractivity contribution in [2.24, 2.45) is 0 Å². The lowest BCUT2D eigenvalue weighted by atomic mass is 9.95. The van der Waals surface area contributed by atoms with Gasteiger partial charge in [-0.1, -0.05) is 12.2 Å². The van der Waals surface area contributed by atoms with E-state index in [0.29, 0.717) is 25.4 Å². The van der Waals surface area contributed by atoms with Gasteiger partial charge in [0, 0.05) is 0 Å². The maximum absolute atomic E-state index is 5.59. The fourth-order valence-corrected chi connectivity index (χ4v) is 1.77. The second kappa shape index (κ2) is 6.80. The van der Waals surface area contributed by atoms with E-state index in [9.17, 15) is 0 Å². The van der Waals surface area contributed by atoms with Gasteiger partial charge in [-0.05, 0) is 25.7 Å². The minimum Gasteiger partial charge on any atom is -0.374 e. The zero-order chi connectivity index (χ0) is 10.2. The first kappa shape index (κ1) is 11.5. The lowest BCUT2D eigenvalue weighted by molar-refractivity contribution is -0.0162. The third-order valence-corrected chi connectivity index (χ3v) is 2.52. The summed E-state index contributed by atoms with van der Waals surface area (Å²) in [6.07, 6.45) is 8.87. The monoisotopic (exact) mass is 196 g/mol. The van der Waals surface area contributed by atoms with Crippen LogP contribution < -0.4 is 0 Å². The first-order chi connectivity index (χ1) is 6.86. The zero-order valence-electron chi connectivity index (χ0n) is 8.78. The Labute approximate surface area is 86.6 Å². The normalized spacial score (nSPS) is 27.1. The summed E-state index contributed by atoms with van der Waals surface area (Å²) in [5, 5.41) is 0. The molecule has 0 aromatic heterocycles. The van der Waals surface area contributed by atoms with Crippen LogP contribution >= 0.6 is 0 Å². The molecule has 0 saturated heterocycles. The molecule has 1 aliphatic rings. The average molecular weight is 196 g/mol. The molecule has 0 unspecified atom stereocenters. The van der Waals surface area contributed by atoms with Crippen molar-refractivity contribution < 1.29 is 9.47 Å². The summed E-state index contributed by atoms with van der Waals surface area (Å²) >= 11 is 0. The molecule has 0 aromatic rings. The summed E-state index contributed by atoms with van der Waals surface area (Å²) in [4.78, 5) is 0. The van der Waals surface area contributed by atoms with Gasteiger partial charge in [0.05, 0.1) is 25.4 Å². The van der Waals surface area contributed by atoms with Gasteiger partial charge >= 0.3 is 0 Å². The van der Waals surface area contributed by atoms with Crippen molar-refractivity contribution in [1.29, 1.82) is 0 Å². The molecule has 1 rings (SSSR count).